The lowest BCUT2D eigenvalue weighted by Gasteiger charge is -2.14. The van der Waals surface area contributed by atoms with Crippen LogP contribution in [0.15, 0.2) is 0 Å². The smallest absolute Gasteiger partial charge is 0.186 e. The van der Waals surface area contributed by atoms with Crippen LogP contribution in [0.5, 0.6) is 0 Å². The van der Waals surface area contributed by atoms with Crippen LogP contribution in [0.2, 0.25) is 0 Å². The van der Waals surface area contributed by atoms with E-state index in [9.17, 15) is 4.39 Å². The summed E-state index contributed by atoms with van der Waals surface area (Å²) in [5.41, 5.74) is 0.424. The van der Waals surface area contributed by atoms with E-state index in [1.54, 1.807) is 6.92 Å². The molecule has 0 fully saturated rings. The summed E-state index contributed by atoms with van der Waals surface area (Å²) < 4.78 is 13.7. The molecule has 0 aliphatic rings. The fraction of sp³-hybridized carbons (Fsp3) is 0.667. The molecule has 1 aromatic heterocycles. The molecule has 1 rings (SSSR count). The Balaban J connectivity index is 3.12. The van der Waals surface area contributed by atoms with Crippen LogP contribution in [0.3, 0.4) is 0 Å². The maximum Gasteiger partial charge on any atom is 0.186 e. The minimum absolute atomic E-state index is 0.316. The predicted octanol–water partition coefficient (Wildman–Crippen LogP) is 3.26. The molecule has 0 saturated heterocycles. The minimum atomic E-state index is -0.337. The second-order valence-electron chi connectivity index (χ2n) is 3.87. The molecular weight excluding hydrogens is 205 g/mol. The Hall–Kier alpha value is -1.19. The zero-order chi connectivity index (χ0) is 12.1. The van der Waals surface area contributed by atoms with Gasteiger partial charge in [-0.2, -0.15) is 0 Å². The number of halogens is 1. The molecule has 0 spiro atoms. The van der Waals surface area contributed by atoms with E-state index in [-0.39, 0.29) is 5.82 Å². The predicted molar refractivity (Wildman–Crippen MR) is 64.2 cm³/mol. The van der Waals surface area contributed by atoms with Crippen molar-refractivity contribution in [2.45, 2.75) is 46.5 Å². The van der Waals surface area contributed by atoms with E-state index < -0.39 is 0 Å². The number of hydrogen-bond donors (Lipinski definition) is 1. The Morgan fingerprint density at radius 3 is 2.31 bits per heavy atom. The second-order valence-corrected chi connectivity index (χ2v) is 3.87. The van der Waals surface area contributed by atoms with Crippen molar-refractivity contribution in [2.24, 2.45) is 0 Å². The maximum absolute atomic E-state index is 13.7. The Morgan fingerprint density at radius 2 is 1.81 bits per heavy atom. The van der Waals surface area contributed by atoms with Gasteiger partial charge in [0.25, 0.3) is 0 Å². The van der Waals surface area contributed by atoms with Crippen molar-refractivity contribution >= 4 is 5.82 Å². The number of aryl methyl sites for hydroxylation is 1. The van der Waals surface area contributed by atoms with E-state index in [0.29, 0.717) is 24.0 Å². The first-order chi connectivity index (χ1) is 7.63. The van der Waals surface area contributed by atoms with Crippen LogP contribution in [-0.4, -0.2) is 16.5 Å². The van der Waals surface area contributed by atoms with Gasteiger partial charge in [-0.05, 0) is 26.7 Å². The van der Waals surface area contributed by atoms with Gasteiger partial charge in [-0.15, -0.1) is 0 Å². The Bertz CT molecular complexity index is 348. The Morgan fingerprint density at radius 1 is 1.19 bits per heavy atom. The molecule has 0 unspecified atom stereocenters. The summed E-state index contributed by atoms with van der Waals surface area (Å²) in [6.45, 7) is 8.47. The molecule has 1 heterocycles. The highest BCUT2D eigenvalue weighted by molar-refractivity contribution is 5.38. The van der Waals surface area contributed by atoms with Gasteiger partial charge in [-0.25, -0.2) is 14.4 Å². The average Bonchev–Trinajstić information content (AvgIpc) is 2.27. The first-order valence-corrected chi connectivity index (χ1v) is 5.91. The van der Waals surface area contributed by atoms with Crippen molar-refractivity contribution in [1.82, 2.24) is 9.97 Å². The fourth-order valence-electron chi connectivity index (χ4n) is 1.70. The van der Waals surface area contributed by atoms with Crippen LogP contribution in [0.1, 0.15) is 51.0 Å². The van der Waals surface area contributed by atoms with E-state index in [2.05, 4.69) is 29.1 Å². The Labute approximate surface area is 96.5 Å². The number of anilines is 1. The summed E-state index contributed by atoms with van der Waals surface area (Å²) in [6, 6.07) is 0. The van der Waals surface area contributed by atoms with Gasteiger partial charge in [0.2, 0.25) is 0 Å². The molecule has 1 aromatic rings. The third-order valence-electron chi connectivity index (χ3n) is 2.73. The summed E-state index contributed by atoms with van der Waals surface area (Å²) in [7, 11) is 0. The van der Waals surface area contributed by atoms with Crippen LogP contribution < -0.4 is 5.32 Å². The first-order valence-electron chi connectivity index (χ1n) is 5.91. The summed E-state index contributed by atoms with van der Waals surface area (Å²) in [6.07, 6.45) is 1.96. The minimum Gasteiger partial charge on any atom is -0.368 e. The summed E-state index contributed by atoms with van der Waals surface area (Å²) in [5, 5.41) is 2.93. The molecule has 3 nitrogen and oxygen atoms in total. The molecule has 0 saturated carbocycles. The standard InChI is InChI=1S/C12H20FN3/c1-5-9(6-2)11-15-8(4)10(13)12(16-11)14-7-3/h9H,5-7H2,1-4H3,(H,14,15,16). The first kappa shape index (κ1) is 12.9. The van der Waals surface area contributed by atoms with Gasteiger partial charge in [0.15, 0.2) is 11.6 Å². The van der Waals surface area contributed by atoms with Gasteiger partial charge < -0.3 is 5.32 Å². The van der Waals surface area contributed by atoms with Crippen LogP contribution in [-0.2, 0) is 0 Å². The quantitative estimate of drug-likeness (QED) is 0.835. The third kappa shape index (κ3) is 2.68. The largest absolute Gasteiger partial charge is 0.368 e. The zero-order valence-corrected chi connectivity index (χ0v) is 10.5. The molecule has 0 aliphatic heterocycles. The third-order valence-corrected chi connectivity index (χ3v) is 2.73. The molecule has 1 N–H and O–H groups in total. The summed E-state index contributed by atoms with van der Waals surface area (Å²) >= 11 is 0. The summed E-state index contributed by atoms with van der Waals surface area (Å²) in [5.74, 6) is 1.06. The van der Waals surface area contributed by atoms with Crippen molar-refractivity contribution in [3.8, 4) is 0 Å². The van der Waals surface area contributed by atoms with Gasteiger partial charge in [0.05, 0.1) is 5.69 Å². The van der Waals surface area contributed by atoms with Crippen molar-refractivity contribution in [3.63, 3.8) is 0 Å². The lowest BCUT2D eigenvalue weighted by atomic mass is 10.0. The van der Waals surface area contributed by atoms with Crippen LogP contribution in [0.25, 0.3) is 0 Å². The van der Waals surface area contributed by atoms with E-state index in [1.807, 2.05) is 6.92 Å². The molecule has 0 aliphatic carbocycles. The number of nitrogens with one attached hydrogen (secondary N) is 1. The molecule has 16 heavy (non-hydrogen) atoms. The molecule has 0 aromatic carbocycles. The monoisotopic (exact) mass is 225 g/mol. The van der Waals surface area contributed by atoms with Crippen molar-refractivity contribution in [3.05, 3.63) is 17.3 Å². The highest BCUT2D eigenvalue weighted by atomic mass is 19.1. The number of hydrogen-bond acceptors (Lipinski definition) is 3. The van der Waals surface area contributed by atoms with E-state index in [1.165, 1.54) is 0 Å². The van der Waals surface area contributed by atoms with Crippen molar-refractivity contribution in [1.29, 1.82) is 0 Å². The molecule has 90 valence electrons. The van der Waals surface area contributed by atoms with Gasteiger partial charge in [0, 0.05) is 12.5 Å². The van der Waals surface area contributed by atoms with Gasteiger partial charge >= 0.3 is 0 Å². The lowest BCUT2D eigenvalue weighted by Crippen LogP contribution is -2.11. The highest BCUT2D eigenvalue weighted by Gasteiger charge is 2.15. The normalized spacial score (nSPS) is 10.9. The summed E-state index contributed by atoms with van der Waals surface area (Å²) in [4.78, 5) is 8.50. The number of nitrogens with zero attached hydrogens (tertiary/aromatic N) is 2. The van der Waals surface area contributed by atoms with Crippen LogP contribution >= 0.6 is 0 Å². The van der Waals surface area contributed by atoms with Gasteiger partial charge in [-0.1, -0.05) is 13.8 Å². The SMILES string of the molecule is CCNc1nc(C(CC)CC)nc(C)c1F. The molecular formula is C12H20FN3. The number of aromatic nitrogens is 2. The number of rotatable bonds is 5. The zero-order valence-electron chi connectivity index (χ0n) is 10.5. The van der Waals surface area contributed by atoms with Crippen molar-refractivity contribution in [2.75, 3.05) is 11.9 Å². The van der Waals surface area contributed by atoms with E-state index in [4.69, 9.17) is 0 Å². The van der Waals surface area contributed by atoms with Gasteiger partial charge in [0.1, 0.15) is 5.82 Å². The topological polar surface area (TPSA) is 37.8 Å². The average molecular weight is 225 g/mol. The molecule has 0 atom stereocenters. The molecule has 4 heteroatoms. The highest BCUT2D eigenvalue weighted by Crippen LogP contribution is 2.23. The second kappa shape index (κ2) is 5.77. The van der Waals surface area contributed by atoms with Crippen molar-refractivity contribution < 1.29 is 4.39 Å². The molecule has 0 radical (unpaired) electrons. The van der Waals surface area contributed by atoms with Crippen LogP contribution in [0.4, 0.5) is 10.2 Å². The van der Waals surface area contributed by atoms with E-state index >= 15 is 0 Å². The molecule has 0 bridgehead atoms. The fourth-order valence-corrected chi connectivity index (χ4v) is 1.70. The Kier molecular flexibility index (Phi) is 4.65. The van der Waals surface area contributed by atoms with Gasteiger partial charge in [-0.3, -0.25) is 0 Å². The van der Waals surface area contributed by atoms with Crippen LogP contribution in [0, 0.1) is 12.7 Å². The molecule has 0 amide bonds. The van der Waals surface area contributed by atoms with E-state index in [0.717, 1.165) is 18.7 Å². The maximum atomic E-state index is 13.7. The lowest BCUT2D eigenvalue weighted by molar-refractivity contribution is 0.566.